The summed E-state index contributed by atoms with van der Waals surface area (Å²) >= 11 is 0. The molecule has 1 aliphatic rings. The third-order valence-electron chi connectivity index (χ3n) is 3.45. The summed E-state index contributed by atoms with van der Waals surface area (Å²) < 4.78 is 39.7. The normalized spacial score (nSPS) is 20.9. The van der Waals surface area contributed by atoms with Crippen molar-refractivity contribution >= 4 is 6.21 Å². The van der Waals surface area contributed by atoms with E-state index in [1.807, 2.05) is 6.92 Å². The number of hydrogen-bond acceptors (Lipinski definition) is 2. The maximum absolute atomic E-state index is 13.2. The zero-order chi connectivity index (χ0) is 13.6. The van der Waals surface area contributed by atoms with Gasteiger partial charge in [-0.25, -0.2) is 0 Å². The summed E-state index contributed by atoms with van der Waals surface area (Å²) in [5.41, 5.74) is 0.313. The van der Waals surface area contributed by atoms with Crippen LogP contribution in [0.15, 0.2) is 17.3 Å². The van der Waals surface area contributed by atoms with Gasteiger partial charge in [0.2, 0.25) is 5.60 Å². The summed E-state index contributed by atoms with van der Waals surface area (Å²) in [6, 6.07) is 3.02. The number of alkyl halides is 3. The Morgan fingerprint density at radius 2 is 1.70 bits per heavy atom. The molecule has 0 saturated heterocycles. The molecular weight excluding hydrogens is 344 g/mol. The summed E-state index contributed by atoms with van der Waals surface area (Å²) in [6.45, 7) is 5.46. The molecule has 1 heterocycles. The Labute approximate surface area is 142 Å². The smallest absolute Gasteiger partial charge is 0.414 e. The van der Waals surface area contributed by atoms with Crippen molar-refractivity contribution in [2.24, 2.45) is 5.16 Å². The topological polar surface area (TPSA) is 21.6 Å². The van der Waals surface area contributed by atoms with E-state index in [9.17, 15) is 13.2 Å². The van der Waals surface area contributed by atoms with Crippen molar-refractivity contribution in [1.29, 1.82) is 0 Å². The van der Waals surface area contributed by atoms with Crippen LogP contribution in [0.2, 0.25) is 0 Å². The van der Waals surface area contributed by atoms with Gasteiger partial charge < -0.3 is 23.6 Å². The fraction of sp³-hybridized carbons (Fsp3) is 0.429. The van der Waals surface area contributed by atoms with Gasteiger partial charge in [0.1, 0.15) is 0 Å². The molecule has 1 atom stereocenters. The van der Waals surface area contributed by atoms with Crippen LogP contribution < -0.4 is 0 Å². The predicted octanol–water partition coefficient (Wildman–Crippen LogP) is 4.10. The first-order chi connectivity index (χ1) is 8.28. The molecule has 1 aromatic carbocycles. The number of halogens is 3. The molecule has 0 fully saturated rings. The Morgan fingerprint density at radius 1 is 1.20 bits per heavy atom. The Balaban J connectivity index is 0.00000180. The molecule has 1 unspecified atom stereocenters. The largest absolute Gasteiger partial charge is 0.432 e. The number of hydrogen-bond donors (Lipinski definition) is 0. The minimum atomic E-state index is -4.52. The molecule has 2 nitrogen and oxygen atoms in total. The average Bonchev–Trinajstić information content (AvgIpc) is 2.74. The molecule has 20 heavy (non-hydrogen) atoms. The van der Waals surface area contributed by atoms with E-state index < -0.39 is 18.2 Å². The minimum absolute atomic E-state index is 0. The molecule has 6 heteroatoms. The molecule has 2 rings (SSSR count). The van der Waals surface area contributed by atoms with Gasteiger partial charge in [-0.05, 0) is 37.5 Å². The van der Waals surface area contributed by atoms with E-state index in [1.54, 1.807) is 13.8 Å². The maximum Gasteiger partial charge on any atom is 0.432 e. The van der Waals surface area contributed by atoms with E-state index in [0.29, 0.717) is 0 Å². The van der Waals surface area contributed by atoms with Gasteiger partial charge in [0, 0.05) is 38.3 Å². The SMILES string of the molecule is Cc1cc(C2(C(F)(F)F)C[C-]=NO2)cc(C)c1C.[CH3-].[Y]. The second-order valence-electron chi connectivity index (χ2n) is 4.58. The van der Waals surface area contributed by atoms with Gasteiger partial charge in [0.15, 0.2) is 0 Å². The van der Waals surface area contributed by atoms with E-state index >= 15 is 0 Å². The molecule has 1 aliphatic heterocycles. The van der Waals surface area contributed by atoms with Crippen LogP contribution in [0, 0.1) is 28.2 Å². The Bertz CT molecular complexity index is 481. The average molecular weight is 360 g/mol. The van der Waals surface area contributed by atoms with Crippen LogP contribution in [0.3, 0.4) is 0 Å². The van der Waals surface area contributed by atoms with Gasteiger partial charge in [-0.15, -0.1) is 6.42 Å². The van der Waals surface area contributed by atoms with Crippen LogP contribution in [0.25, 0.3) is 0 Å². The maximum atomic E-state index is 13.2. The van der Waals surface area contributed by atoms with Crippen molar-refractivity contribution in [3.05, 3.63) is 41.8 Å². The molecule has 0 aliphatic carbocycles. The number of rotatable bonds is 1. The van der Waals surface area contributed by atoms with Gasteiger partial charge in [-0.3, -0.25) is 0 Å². The van der Waals surface area contributed by atoms with Crippen molar-refractivity contribution < 1.29 is 50.7 Å². The summed E-state index contributed by atoms with van der Waals surface area (Å²) in [7, 11) is 0. The van der Waals surface area contributed by atoms with Crippen LogP contribution >= 0.6 is 0 Å². The molecule has 109 valence electrons. The van der Waals surface area contributed by atoms with E-state index in [4.69, 9.17) is 0 Å². The molecular formula is C14H16F3NOY-2. The first kappa shape index (κ1) is 19.6. The van der Waals surface area contributed by atoms with Crippen LogP contribution in [-0.4, -0.2) is 12.4 Å². The van der Waals surface area contributed by atoms with Gasteiger partial charge in [0.05, 0.1) is 0 Å². The number of aryl methyl sites for hydroxylation is 2. The third kappa shape index (κ3) is 3.09. The van der Waals surface area contributed by atoms with E-state index in [1.165, 1.54) is 12.1 Å². The number of nitrogens with zero attached hydrogens (tertiary/aromatic N) is 1. The second kappa shape index (κ2) is 6.57. The monoisotopic (exact) mass is 360 g/mol. The van der Waals surface area contributed by atoms with Crippen molar-refractivity contribution in [3.63, 3.8) is 0 Å². The Morgan fingerprint density at radius 3 is 2.05 bits per heavy atom. The first-order valence-corrected chi connectivity index (χ1v) is 5.54. The van der Waals surface area contributed by atoms with Crippen molar-refractivity contribution in [1.82, 2.24) is 0 Å². The molecule has 0 aromatic heterocycles. The second-order valence-corrected chi connectivity index (χ2v) is 4.58. The van der Waals surface area contributed by atoms with Crippen LogP contribution in [0.5, 0.6) is 0 Å². The molecule has 0 saturated carbocycles. The van der Waals surface area contributed by atoms with Crippen molar-refractivity contribution in [2.75, 3.05) is 0 Å². The van der Waals surface area contributed by atoms with Crippen LogP contribution in [0.1, 0.15) is 28.7 Å². The summed E-state index contributed by atoms with van der Waals surface area (Å²) in [4.78, 5) is 4.63. The van der Waals surface area contributed by atoms with Gasteiger partial charge in [-0.1, -0.05) is 12.1 Å². The Hall–Kier alpha value is -0.416. The molecule has 0 bridgehead atoms. The Kier molecular flexibility index (Phi) is 6.43. The van der Waals surface area contributed by atoms with E-state index in [-0.39, 0.29) is 45.7 Å². The quantitative estimate of drug-likeness (QED) is 0.691. The summed E-state index contributed by atoms with van der Waals surface area (Å²) in [5.74, 6) is 0. The third-order valence-corrected chi connectivity index (χ3v) is 3.45. The van der Waals surface area contributed by atoms with Gasteiger partial charge in [0.25, 0.3) is 0 Å². The zero-order valence-corrected chi connectivity index (χ0v) is 14.8. The van der Waals surface area contributed by atoms with Crippen molar-refractivity contribution in [3.8, 4) is 0 Å². The molecule has 0 spiro atoms. The standard InChI is InChI=1S/C13H13F3NO.CH3.Y/c1-8-6-11(7-9(2)10(8)3)12(13(14,15)16)4-5-17-18-12;;/h6-7H,4H2,1-3H3;1H3;/q2*-1;. The van der Waals surface area contributed by atoms with E-state index in [2.05, 4.69) is 16.2 Å². The van der Waals surface area contributed by atoms with Gasteiger partial charge >= 0.3 is 6.18 Å². The fourth-order valence-electron chi connectivity index (χ4n) is 2.03. The molecule has 1 aromatic rings. The minimum Gasteiger partial charge on any atom is -0.414 e. The predicted molar refractivity (Wildman–Crippen MR) is 67.9 cm³/mol. The molecule has 0 N–H and O–H groups in total. The zero-order valence-electron chi connectivity index (χ0n) is 11.9. The van der Waals surface area contributed by atoms with Crippen LogP contribution in [0.4, 0.5) is 13.2 Å². The van der Waals surface area contributed by atoms with Gasteiger partial charge in [-0.2, -0.15) is 13.2 Å². The van der Waals surface area contributed by atoms with Crippen LogP contribution in [-0.2, 0) is 43.1 Å². The first-order valence-electron chi connectivity index (χ1n) is 5.54. The summed E-state index contributed by atoms with van der Waals surface area (Å²) in [5, 5.41) is 3.19. The van der Waals surface area contributed by atoms with Crippen molar-refractivity contribution in [2.45, 2.75) is 39.0 Å². The molecule has 0 amide bonds. The number of benzene rings is 1. The van der Waals surface area contributed by atoms with E-state index in [0.717, 1.165) is 16.7 Å². The fourth-order valence-corrected chi connectivity index (χ4v) is 2.03. The molecule has 1 radical (unpaired) electrons. The summed E-state index contributed by atoms with van der Waals surface area (Å²) in [6.07, 6.45) is -2.67.